The van der Waals surface area contributed by atoms with Crippen LogP contribution in [0.15, 0.2) is 18.2 Å². The molecule has 0 N–H and O–H groups in total. The minimum absolute atomic E-state index is 0.0892. The van der Waals surface area contributed by atoms with Crippen molar-refractivity contribution in [3.63, 3.8) is 0 Å². The molecular weight excluding hydrogens is 381 g/mol. The van der Waals surface area contributed by atoms with Gasteiger partial charge in [0.2, 0.25) is 0 Å². The lowest BCUT2D eigenvalue weighted by atomic mass is 10.0. The van der Waals surface area contributed by atoms with Crippen LogP contribution in [0.4, 0.5) is 13.2 Å². The van der Waals surface area contributed by atoms with Crippen molar-refractivity contribution in [2.45, 2.75) is 23.4 Å². The Bertz CT molecular complexity index is 444. The highest BCUT2D eigenvalue weighted by atomic mass is 79.9. The maximum Gasteiger partial charge on any atom is 0.573 e. The van der Waals surface area contributed by atoms with Gasteiger partial charge in [0.1, 0.15) is 5.75 Å². The molecule has 0 fully saturated rings. The van der Waals surface area contributed by atoms with E-state index in [1.165, 1.54) is 12.1 Å². The molecule has 0 aliphatic heterocycles. The number of ketones is 1. The number of Topliss-reactive ketones (excluding diaryl/α,β-unsaturated/α-hetero) is 1. The molecule has 0 spiro atoms. The van der Waals surface area contributed by atoms with E-state index in [1.807, 2.05) is 0 Å². The number of hydrogen-bond acceptors (Lipinski definition) is 2. The molecule has 18 heavy (non-hydrogen) atoms. The van der Waals surface area contributed by atoms with Gasteiger partial charge in [-0.2, -0.15) is 0 Å². The fraction of sp³-hybridized carbons (Fsp3) is 0.364. The summed E-state index contributed by atoms with van der Waals surface area (Å²) in [6.45, 7) is 1.54. The molecule has 0 aliphatic rings. The van der Waals surface area contributed by atoms with Gasteiger partial charge in [0.05, 0.1) is 10.4 Å². The largest absolute Gasteiger partial charge is 0.573 e. The zero-order valence-corrected chi connectivity index (χ0v) is 12.4. The van der Waals surface area contributed by atoms with Gasteiger partial charge in [0.25, 0.3) is 0 Å². The molecular formula is C11H9Br2F3O2. The highest BCUT2D eigenvalue weighted by Crippen LogP contribution is 2.29. The summed E-state index contributed by atoms with van der Waals surface area (Å²) in [5.41, 5.74) is 0.606. The number of alkyl halides is 5. The summed E-state index contributed by atoms with van der Waals surface area (Å²) in [5, 5.41) is 0.441. The molecule has 0 saturated carbocycles. The molecule has 2 nitrogen and oxygen atoms in total. The predicted octanol–water partition coefficient (Wildman–Crippen LogP) is 4.45. The minimum atomic E-state index is -4.82. The van der Waals surface area contributed by atoms with Gasteiger partial charge in [0.15, 0.2) is 5.78 Å². The molecule has 1 aromatic carbocycles. The Morgan fingerprint density at radius 1 is 1.44 bits per heavy atom. The van der Waals surface area contributed by atoms with Crippen LogP contribution in [0.5, 0.6) is 5.75 Å². The van der Waals surface area contributed by atoms with Crippen LogP contribution in [-0.4, -0.2) is 17.0 Å². The van der Waals surface area contributed by atoms with Gasteiger partial charge in [0, 0.05) is 5.33 Å². The van der Waals surface area contributed by atoms with Crippen LogP contribution in [0.2, 0.25) is 0 Å². The van der Waals surface area contributed by atoms with E-state index in [1.54, 1.807) is 6.92 Å². The topological polar surface area (TPSA) is 26.3 Å². The van der Waals surface area contributed by atoms with Crippen molar-refractivity contribution in [2.75, 3.05) is 0 Å². The monoisotopic (exact) mass is 388 g/mol. The smallest absolute Gasteiger partial charge is 0.405 e. The summed E-state index contributed by atoms with van der Waals surface area (Å²) in [6.07, 6.45) is -4.82. The van der Waals surface area contributed by atoms with E-state index < -0.39 is 22.7 Å². The zero-order valence-electron chi connectivity index (χ0n) is 9.22. The Morgan fingerprint density at radius 2 is 2.06 bits per heavy atom. The van der Waals surface area contributed by atoms with Crippen LogP contribution in [0.25, 0.3) is 0 Å². The van der Waals surface area contributed by atoms with Gasteiger partial charge in [-0.25, -0.2) is 0 Å². The summed E-state index contributed by atoms with van der Waals surface area (Å²) in [4.78, 5) is 11.2. The molecule has 0 saturated heterocycles. The Morgan fingerprint density at radius 3 is 2.50 bits per heavy atom. The second-order valence-electron chi connectivity index (χ2n) is 3.49. The Hall–Kier alpha value is -0.560. The summed E-state index contributed by atoms with van der Waals surface area (Å²) < 4.78 is 40.5. The molecule has 1 unspecified atom stereocenters. The third-order valence-corrected chi connectivity index (χ3v) is 3.11. The number of hydrogen-bond donors (Lipinski definition) is 0. The van der Waals surface area contributed by atoms with E-state index in [0.717, 1.165) is 6.07 Å². The molecule has 0 heterocycles. The maximum atomic E-state index is 12.2. The average Bonchev–Trinajstić information content (AvgIpc) is 2.26. The van der Waals surface area contributed by atoms with Crippen LogP contribution in [0, 0.1) is 0 Å². The van der Waals surface area contributed by atoms with Gasteiger partial charge >= 0.3 is 6.36 Å². The first-order chi connectivity index (χ1) is 8.24. The quantitative estimate of drug-likeness (QED) is 0.561. The first kappa shape index (κ1) is 15.5. The molecule has 0 amide bonds. The van der Waals surface area contributed by atoms with Crippen LogP contribution in [-0.2, 0) is 5.33 Å². The standard InChI is InChI=1S/C11H9Br2F3O2/c1-6(13)10(17)8-4-7(5-12)2-3-9(8)18-11(14,15)16/h2-4,6H,5H2,1H3. The Labute approximate surface area is 119 Å². The first-order valence-electron chi connectivity index (χ1n) is 4.87. The molecule has 1 atom stereocenters. The molecule has 100 valence electrons. The van der Waals surface area contributed by atoms with Gasteiger partial charge < -0.3 is 4.74 Å². The Balaban J connectivity index is 3.20. The summed E-state index contributed by atoms with van der Waals surface area (Å²) in [5.74, 6) is -0.944. The highest BCUT2D eigenvalue weighted by Gasteiger charge is 2.33. The molecule has 1 aromatic rings. The van der Waals surface area contributed by atoms with Gasteiger partial charge in [-0.3, -0.25) is 4.79 Å². The van der Waals surface area contributed by atoms with Crippen LogP contribution >= 0.6 is 31.9 Å². The molecule has 7 heteroatoms. The van der Waals surface area contributed by atoms with Crippen molar-refractivity contribution >= 4 is 37.6 Å². The number of carbonyl (C=O) groups excluding carboxylic acids is 1. The van der Waals surface area contributed by atoms with Crippen molar-refractivity contribution in [3.8, 4) is 5.75 Å². The van der Waals surface area contributed by atoms with E-state index in [-0.39, 0.29) is 5.56 Å². The third-order valence-electron chi connectivity index (χ3n) is 2.05. The average molecular weight is 390 g/mol. The Kier molecular flexibility index (Phi) is 5.21. The second-order valence-corrected chi connectivity index (χ2v) is 5.43. The summed E-state index contributed by atoms with van der Waals surface area (Å²) in [6, 6.07) is 3.99. The minimum Gasteiger partial charge on any atom is -0.405 e. The SMILES string of the molecule is CC(Br)C(=O)c1cc(CBr)ccc1OC(F)(F)F. The maximum absolute atomic E-state index is 12.2. The van der Waals surface area contributed by atoms with Crippen molar-refractivity contribution in [2.24, 2.45) is 0 Å². The van der Waals surface area contributed by atoms with Crippen LogP contribution in [0.3, 0.4) is 0 Å². The molecule has 0 bridgehead atoms. The van der Waals surface area contributed by atoms with Crippen molar-refractivity contribution < 1.29 is 22.7 Å². The van der Waals surface area contributed by atoms with E-state index in [2.05, 4.69) is 36.6 Å². The number of halogens is 5. The highest BCUT2D eigenvalue weighted by molar-refractivity contribution is 9.10. The first-order valence-corrected chi connectivity index (χ1v) is 6.91. The van der Waals surface area contributed by atoms with Crippen molar-refractivity contribution in [1.29, 1.82) is 0 Å². The molecule has 0 aliphatic carbocycles. The fourth-order valence-electron chi connectivity index (χ4n) is 1.28. The predicted molar refractivity (Wildman–Crippen MR) is 68.5 cm³/mol. The lowest BCUT2D eigenvalue weighted by Crippen LogP contribution is -2.20. The molecule has 1 rings (SSSR count). The zero-order chi connectivity index (χ0) is 13.9. The molecule has 0 radical (unpaired) electrons. The summed E-state index contributed by atoms with van der Waals surface area (Å²) in [7, 11) is 0. The van der Waals surface area contributed by atoms with Crippen LogP contribution < -0.4 is 4.74 Å². The number of ether oxygens (including phenoxy) is 1. The third kappa shape index (κ3) is 4.28. The fourth-order valence-corrected chi connectivity index (χ4v) is 1.88. The van der Waals surface area contributed by atoms with Gasteiger partial charge in [-0.15, -0.1) is 13.2 Å². The molecule has 0 aromatic heterocycles. The summed E-state index contributed by atoms with van der Waals surface area (Å²) >= 11 is 6.22. The number of rotatable bonds is 4. The lowest BCUT2D eigenvalue weighted by molar-refractivity contribution is -0.274. The van der Waals surface area contributed by atoms with E-state index in [0.29, 0.717) is 10.9 Å². The van der Waals surface area contributed by atoms with E-state index in [9.17, 15) is 18.0 Å². The van der Waals surface area contributed by atoms with Crippen molar-refractivity contribution in [3.05, 3.63) is 29.3 Å². The van der Waals surface area contributed by atoms with Crippen LogP contribution in [0.1, 0.15) is 22.8 Å². The van der Waals surface area contributed by atoms with E-state index >= 15 is 0 Å². The lowest BCUT2D eigenvalue weighted by Gasteiger charge is -2.14. The number of benzene rings is 1. The van der Waals surface area contributed by atoms with Gasteiger partial charge in [-0.05, 0) is 24.6 Å². The van der Waals surface area contributed by atoms with Crippen molar-refractivity contribution in [1.82, 2.24) is 0 Å². The van der Waals surface area contributed by atoms with E-state index in [4.69, 9.17) is 0 Å². The normalized spacial score (nSPS) is 13.2. The van der Waals surface area contributed by atoms with Gasteiger partial charge in [-0.1, -0.05) is 37.9 Å². The second kappa shape index (κ2) is 6.06. The number of carbonyl (C=O) groups is 1.